The second-order valence-corrected chi connectivity index (χ2v) is 2.42. The van der Waals surface area contributed by atoms with Gasteiger partial charge >= 0.3 is 0 Å². The molecule has 8 heavy (non-hydrogen) atoms. The number of hydrogen-bond donors (Lipinski definition) is 0. The lowest BCUT2D eigenvalue weighted by atomic mass is 10.8. The maximum Gasteiger partial charge on any atom is 0.217 e. The van der Waals surface area contributed by atoms with Crippen molar-refractivity contribution in [3.05, 3.63) is 10.0 Å². The van der Waals surface area contributed by atoms with E-state index >= 15 is 0 Å². The smallest absolute Gasteiger partial charge is 0.190 e. The van der Waals surface area contributed by atoms with Gasteiger partial charge in [-0.2, -0.15) is 5.26 Å². The van der Waals surface area contributed by atoms with Gasteiger partial charge in [-0.15, -0.1) is 10.2 Å². The Balaban J connectivity index is 3.05. The normalized spacial score (nSPS) is 8.50. The Labute approximate surface area is 50.6 Å². The number of rotatable bonds is 0. The molecule has 0 atom stereocenters. The summed E-state index contributed by atoms with van der Waals surface area (Å²) in [5, 5.41) is 16.7. The Kier molecular flexibility index (Phi) is 1.22. The third-order valence-corrected chi connectivity index (χ3v) is 1.37. The van der Waals surface area contributed by atoms with Gasteiger partial charge in [-0.25, -0.2) is 0 Å². The Morgan fingerprint density at radius 3 is 2.62 bits per heavy atom. The molecule has 4 heteroatoms. The summed E-state index contributed by atoms with van der Waals surface area (Å²) in [5.41, 5.74) is 0. The standard InChI is InChI=1S/C4H3N3S/c1-3-6-7-4(2-5)8-3/h1H3. The van der Waals surface area contributed by atoms with Crippen molar-refractivity contribution in [3.63, 3.8) is 0 Å². The molecule has 1 rings (SSSR count). The molecule has 0 aliphatic heterocycles. The lowest BCUT2D eigenvalue weighted by molar-refractivity contribution is 1.04. The first-order chi connectivity index (χ1) is 3.83. The molecular formula is C4H3N3S. The zero-order chi connectivity index (χ0) is 5.98. The zero-order valence-electron chi connectivity index (χ0n) is 4.25. The van der Waals surface area contributed by atoms with E-state index in [0.29, 0.717) is 5.01 Å². The van der Waals surface area contributed by atoms with Crippen LogP contribution in [0.4, 0.5) is 0 Å². The highest BCUT2D eigenvalue weighted by molar-refractivity contribution is 7.11. The quantitative estimate of drug-likeness (QED) is 0.513. The molecule has 0 saturated carbocycles. The van der Waals surface area contributed by atoms with Crippen molar-refractivity contribution in [2.45, 2.75) is 6.92 Å². The number of nitriles is 1. The van der Waals surface area contributed by atoms with E-state index in [1.165, 1.54) is 11.3 Å². The van der Waals surface area contributed by atoms with Crippen molar-refractivity contribution in [3.8, 4) is 6.07 Å². The summed E-state index contributed by atoms with van der Waals surface area (Å²) in [6, 6.07) is 1.89. The highest BCUT2D eigenvalue weighted by Gasteiger charge is 1.94. The van der Waals surface area contributed by atoms with Gasteiger partial charge in [0, 0.05) is 0 Å². The van der Waals surface area contributed by atoms with Crippen LogP contribution in [0.3, 0.4) is 0 Å². The summed E-state index contributed by atoms with van der Waals surface area (Å²) in [7, 11) is 0. The molecule has 0 unspecified atom stereocenters. The summed E-state index contributed by atoms with van der Waals surface area (Å²) in [6.45, 7) is 1.82. The molecule has 1 aromatic heterocycles. The topological polar surface area (TPSA) is 49.6 Å². The van der Waals surface area contributed by atoms with Crippen LogP contribution in [-0.4, -0.2) is 10.2 Å². The van der Waals surface area contributed by atoms with Crippen LogP contribution in [0.25, 0.3) is 0 Å². The molecule has 0 amide bonds. The van der Waals surface area contributed by atoms with Crippen LogP contribution in [-0.2, 0) is 0 Å². The third-order valence-electron chi connectivity index (χ3n) is 0.622. The van der Waals surface area contributed by atoms with Crippen molar-refractivity contribution in [1.29, 1.82) is 5.26 Å². The molecule has 3 nitrogen and oxygen atoms in total. The molecule has 0 aromatic carbocycles. The third kappa shape index (κ3) is 0.820. The van der Waals surface area contributed by atoms with Crippen LogP contribution in [0.5, 0.6) is 0 Å². The Morgan fingerprint density at radius 1 is 1.62 bits per heavy atom. The molecule has 0 fully saturated rings. The molecule has 0 spiro atoms. The van der Waals surface area contributed by atoms with Gasteiger partial charge < -0.3 is 0 Å². The maximum atomic E-state index is 8.21. The van der Waals surface area contributed by atoms with Crippen LogP contribution in [0, 0.1) is 18.3 Å². The van der Waals surface area contributed by atoms with E-state index in [2.05, 4.69) is 10.2 Å². The first kappa shape index (κ1) is 5.19. The van der Waals surface area contributed by atoms with E-state index in [4.69, 9.17) is 5.26 Å². The fourth-order valence-electron chi connectivity index (χ4n) is 0.342. The van der Waals surface area contributed by atoms with Crippen molar-refractivity contribution >= 4 is 11.3 Å². The van der Waals surface area contributed by atoms with Gasteiger partial charge in [-0.05, 0) is 6.92 Å². The predicted molar refractivity (Wildman–Crippen MR) is 29.4 cm³/mol. The molecule has 0 radical (unpaired) electrons. The van der Waals surface area contributed by atoms with Crippen LogP contribution < -0.4 is 0 Å². The minimum atomic E-state index is 0.433. The maximum absolute atomic E-state index is 8.21. The van der Waals surface area contributed by atoms with Gasteiger partial charge in [0.2, 0.25) is 5.01 Å². The molecule has 0 bridgehead atoms. The molecule has 0 aliphatic carbocycles. The molecule has 0 N–H and O–H groups in total. The fourth-order valence-corrected chi connectivity index (χ4v) is 0.831. The van der Waals surface area contributed by atoms with E-state index in [-0.39, 0.29) is 0 Å². The summed E-state index contributed by atoms with van der Waals surface area (Å²) in [6.07, 6.45) is 0. The van der Waals surface area contributed by atoms with E-state index in [9.17, 15) is 0 Å². The van der Waals surface area contributed by atoms with Crippen molar-refractivity contribution < 1.29 is 0 Å². The van der Waals surface area contributed by atoms with Gasteiger partial charge in [0.05, 0.1) is 0 Å². The second-order valence-electron chi connectivity index (χ2n) is 1.24. The SMILES string of the molecule is Cc1nnc(C#N)s1. The average molecular weight is 125 g/mol. The number of hydrogen-bond acceptors (Lipinski definition) is 4. The van der Waals surface area contributed by atoms with Gasteiger partial charge in [0.1, 0.15) is 11.1 Å². The summed E-state index contributed by atoms with van der Waals surface area (Å²) in [4.78, 5) is 0. The van der Waals surface area contributed by atoms with Gasteiger partial charge in [0.15, 0.2) is 0 Å². The highest BCUT2D eigenvalue weighted by atomic mass is 32.1. The average Bonchev–Trinajstić information content (AvgIpc) is 2.14. The lowest BCUT2D eigenvalue weighted by Crippen LogP contribution is -1.69. The monoisotopic (exact) mass is 125 g/mol. The predicted octanol–water partition coefficient (Wildman–Crippen LogP) is 0.718. The molecule has 40 valence electrons. The van der Waals surface area contributed by atoms with Crippen molar-refractivity contribution in [1.82, 2.24) is 10.2 Å². The minimum absolute atomic E-state index is 0.433. The van der Waals surface area contributed by atoms with Crippen molar-refractivity contribution in [2.24, 2.45) is 0 Å². The highest BCUT2D eigenvalue weighted by Crippen LogP contribution is 2.04. The summed E-state index contributed by atoms with van der Waals surface area (Å²) in [5.74, 6) is 0. The van der Waals surface area contributed by atoms with E-state index in [0.717, 1.165) is 5.01 Å². The van der Waals surface area contributed by atoms with Gasteiger partial charge in [0.25, 0.3) is 0 Å². The zero-order valence-corrected chi connectivity index (χ0v) is 5.07. The van der Waals surface area contributed by atoms with Gasteiger partial charge in [-0.3, -0.25) is 0 Å². The number of nitrogens with zero attached hydrogens (tertiary/aromatic N) is 3. The largest absolute Gasteiger partial charge is 0.217 e. The first-order valence-electron chi connectivity index (χ1n) is 2.03. The minimum Gasteiger partial charge on any atom is -0.190 e. The number of aryl methyl sites for hydroxylation is 1. The molecular weight excluding hydrogens is 122 g/mol. The van der Waals surface area contributed by atoms with Crippen LogP contribution >= 0.6 is 11.3 Å². The molecule has 0 saturated heterocycles. The Bertz CT molecular complexity index is 221. The summed E-state index contributed by atoms with van der Waals surface area (Å²) < 4.78 is 0. The first-order valence-corrected chi connectivity index (χ1v) is 2.85. The van der Waals surface area contributed by atoms with E-state index in [1.807, 2.05) is 13.0 Å². The van der Waals surface area contributed by atoms with Crippen LogP contribution in [0.15, 0.2) is 0 Å². The fraction of sp³-hybridized carbons (Fsp3) is 0.250. The van der Waals surface area contributed by atoms with Crippen molar-refractivity contribution in [2.75, 3.05) is 0 Å². The van der Waals surface area contributed by atoms with E-state index in [1.54, 1.807) is 0 Å². The van der Waals surface area contributed by atoms with Crippen LogP contribution in [0.1, 0.15) is 10.0 Å². The van der Waals surface area contributed by atoms with Crippen LogP contribution in [0.2, 0.25) is 0 Å². The number of aromatic nitrogens is 2. The second kappa shape index (κ2) is 1.88. The summed E-state index contributed by atoms with van der Waals surface area (Å²) >= 11 is 1.30. The van der Waals surface area contributed by atoms with E-state index < -0.39 is 0 Å². The molecule has 0 aliphatic rings. The van der Waals surface area contributed by atoms with Gasteiger partial charge in [-0.1, -0.05) is 11.3 Å². The Hall–Kier alpha value is -0.950. The molecule has 1 aromatic rings. The lowest BCUT2D eigenvalue weighted by Gasteiger charge is -1.63. The Morgan fingerprint density at radius 2 is 2.38 bits per heavy atom. The molecule has 1 heterocycles.